The molecule has 1 aromatic heterocycles. The molecule has 0 radical (unpaired) electrons. The van der Waals surface area contributed by atoms with Crippen molar-refractivity contribution >= 4 is 12.6 Å². The summed E-state index contributed by atoms with van der Waals surface area (Å²) in [5.41, 5.74) is 0. The van der Waals surface area contributed by atoms with Crippen LogP contribution in [0.25, 0.3) is 0 Å². The maximum absolute atomic E-state index is 8.48. The molecule has 0 saturated heterocycles. The minimum absolute atomic E-state index is 0.350. The van der Waals surface area contributed by atoms with Gasteiger partial charge in [0, 0.05) is 0 Å². The normalized spacial score (nSPS) is 9.12. The van der Waals surface area contributed by atoms with Gasteiger partial charge in [-0.25, -0.2) is 0 Å². The number of hydrogen-bond acceptors (Lipinski definition) is 5. The van der Waals surface area contributed by atoms with Crippen molar-refractivity contribution in [2.24, 2.45) is 0 Å². The van der Waals surface area contributed by atoms with E-state index in [1.54, 1.807) is 0 Å². The van der Waals surface area contributed by atoms with Crippen LogP contribution < -0.4 is 0 Å². The molecule has 0 bridgehead atoms. The maximum Gasteiger partial charge on any atom is 0.334 e. The summed E-state index contributed by atoms with van der Waals surface area (Å²) < 4.78 is 0. The molecule has 0 unspecified atom stereocenters. The molecule has 0 spiro atoms. The van der Waals surface area contributed by atoms with Crippen molar-refractivity contribution in [2.75, 3.05) is 0 Å². The second kappa shape index (κ2) is 1.95. The van der Waals surface area contributed by atoms with Crippen LogP contribution in [0.4, 0.5) is 0 Å². The Morgan fingerprint density at radius 2 is 2.38 bits per heavy atom. The third-order valence-electron chi connectivity index (χ3n) is 0.535. The van der Waals surface area contributed by atoms with E-state index in [0.717, 1.165) is 0 Å². The largest absolute Gasteiger partial charge is 0.478 e. The van der Waals surface area contributed by atoms with Gasteiger partial charge in [0.1, 0.15) is 5.03 Å². The van der Waals surface area contributed by atoms with E-state index in [0.29, 0.717) is 5.03 Å². The first-order chi connectivity index (χ1) is 3.79. The number of nitrogens with zero attached hydrogens (tertiary/aromatic N) is 3. The molecule has 0 aromatic carbocycles. The van der Waals surface area contributed by atoms with Crippen molar-refractivity contribution in [1.29, 1.82) is 0 Å². The Morgan fingerprint density at radius 3 is 2.75 bits per heavy atom. The number of aromatic nitrogens is 3. The van der Waals surface area contributed by atoms with Crippen LogP contribution in [0.3, 0.4) is 0 Å². The molecule has 0 saturated carbocycles. The molecule has 8 heavy (non-hydrogen) atoms. The Balaban J connectivity index is 3.08. The first kappa shape index (κ1) is 5.30. The molecule has 1 N–H and O–H groups in total. The second-order valence-corrected chi connectivity index (χ2v) is 1.57. The Morgan fingerprint density at radius 1 is 1.62 bits per heavy atom. The van der Waals surface area contributed by atoms with Crippen molar-refractivity contribution in [3.63, 3.8) is 0 Å². The van der Waals surface area contributed by atoms with Crippen molar-refractivity contribution in [3.8, 4) is 6.01 Å². The molecule has 0 fully saturated rings. The highest BCUT2D eigenvalue weighted by molar-refractivity contribution is 7.80. The highest BCUT2D eigenvalue weighted by atomic mass is 32.1. The van der Waals surface area contributed by atoms with E-state index in [-0.39, 0.29) is 6.01 Å². The smallest absolute Gasteiger partial charge is 0.334 e. The molecule has 0 amide bonds. The Bertz CT molecular complexity index is 174. The number of rotatable bonds is 0. The molecule has 1 rings (SSSR count). The summed E-state index contributed by atoms with van der Waals surface area (Å²) in [5.74, 6) is 0. The molecular formula is C3H3N3OS. The predicted octanol–water partition coefficient (Wildman–Crippen LogP) is -0.134. The zero-order chi connectivity index (χ0) is 5.98. The summed E-state index contributed by atoms with van der Waals surface area (Å²) in [5, 5.41) is 15.4. The molecule has 0 aliphatic rings. The van der Waals surface area contributed by atoms with E-state index < -0.39 is 0 Å². The molecule has 42 valence electrons. The summed E-state index contributed by atoms with van der Waals surface area (Å²) >= 11 is 3.78. The van der Waals surface area contributed by atoms with Crippen molar-refractivity contribution in [1.82, 2.24) is 15.2 Å². The van der Waals surface area contributed by atoms with Gasteiger partial charge in [0.25, 0.3) is 0 Å². The molecule has 1 heterocycles. The first-order valence-electron chi connectivity index (χ1n) is 1.86. The van der Waals surface area contributed by atoms with E-state index in [2.05, 4.69) is 27.8 Å². The van der Waals surface area contributed by atoms with Crippen molar-refractivity contribution in [3.05, 3.63) is 6.20 Å². The molecular weight excluding hydrogens is 126 g/mol. The van der Waals surface area contributed by atoms with Crippen molar-refractivity contribution in [2.45, 2.75) is 5.03 Å². The van der Waals surface area contributed by atoms with Crippen LogP contribution in [0, 0.1) is 0 Å². The fourth-order valence-electron chi connectivity index (χ4n) is 0.286. The van der Waals surface area contributed by atoms with Crippen LogP contribution in [0.5, 0.6) is 6.01 Å². The SMILES string of the molecule is Oc1nncc(S)n1. The lowest BCUT2D eigenvalue weighted by atomic mass is 10.9. The van der Waals surface area contributed by atoms with E-state index in [4.69, 9.17) is 5.11 Å². The van der Waals surface area contributed by atoms with E-state index in [1.807, 2.05) is 0 Å². The van der Waals surface area contributed by atoms with Crippen LogP contribution in [0.15, 0.2) is 11.2 Å². The van der Waals surface area contributed by atoms with Gasteiger partial charge in [0.15, 0.2) is 0 Å². The average Bonchev–Trinajstić information content (AvgIpc) is 1.64. The molecule has 1 aromatic rings. The van der Waals surface area contributed by atoms with Gasteiger partial charge in [-0.05, 0) is 0 Å². The zero-order valence-electron chi connectivity index (χ0n) is 3.81. The van der Waals surface area contributed by atoms with Crippen LogP contribution in [-0.4, -0.2) is 20.3 Å². The number of aromatic hydroxyl groups is 1. The topological polar surface area (TPSA) is 58.9 Å². The van der Waals surface area contributed by atoms with Crippen LogP contribution in [0.2, 0.25) is 0 Å². The lowest BCUT2D eigenvalue weighted by molar-refractivity contribution is 0.415. The maximum atomic E-state index is 8.48. The lowest BCUT2D eigenvalue weighted by Crippen LogP contribution is -1.84. The standard InChI is InChI=1S/C3H3N3OS/c7-3-5-2(8)1-4-6-3/h1H,(H2,5,6,7,8). The zero-order valence-corrected chi connectivity index (χ0v) is 4.71. The minimum atomic E-state index is -0.350. The van der Waals surface area contributed by atoms with E-state index in [1.165, 1.54) is 6.20 Å². The molecule has 4 nitrogen and oxygen atoms in total. The van der Waals surface area contributed by atoms with Crippen LogP contribution >= 0.6 is 12.6 Å². The third-order valence-corrected chi connectivity index (χ3v) is 0.750. The van der Waals surface area contributed by atoms with E-state index >= 15 is 0 Å². The van der Waals surface area contributed by atoms with Gasteiger partial charge >= 0.3 is 6.01 Å². The van der Waals surface area contributed by atoms with Gasteiger partial charge in [0.2, 0.25) is 0 Å². The lowest BCUT2D eigenvalue weighted by Gasteiger charge is -1.85. The summed E-state index contributed by atoms with van der Waals surface area (Å²) in [6, 6.07) is -0.350. The summed E-state index contributed by atoms with van der Waals surface area (Å²) in [4.78, 5) is 3.42. The second-order valence-electron chi connectivity index (χ2n) is 1.11. The van der Waals surface area contributed by atoms with Gasteiger partial charge in [-0.2, -0.15) is 10.1 Å². The van der Waals surface area contributed by atoms with Gasteiger partial charge in [-0.1, -0.05) is 5.10 Å². The van der Waals surface area contributed by atoms with Crippen molar-refractivity contribution < 1.29 is 5.11 Å². The predicted molar refractivity (Wildman–Crippen MR) is 28.7 cm³/mol. The molecule has 0 aliphatic carbocycles. The third kappa shape index (κ3) is 1.06. The Kier molecular flexibility index (Phi) is 1.29. The molecule has 0 atom stereocenters. The van der Waals surface area contributed by atoms with Gasteiger partial charge in [0.05, 0.1) is 6.20 Å². The number of thiol groups is 1. The fourth-order valence-corrected chi connectivity index (χ4v) is 0.427. The van der Waals surface area contributed by atoms with Gasteiger partial charge in [-0.15, -0.1) is 12.6 Å². The number of hydrogen-bond donors (Lipinski definition) is 2. The summed E-state index contributed by atoms with van der Waals surface area (Å²) in [6.45, 7) is 0. The van der Waals surface area contributed by atoms with Gasteiger partial charge in [-0.3, -0.25) is 0 Å². The van der Waals surface area contributed by atoms with E-state index in [9.17, 15) is 0 Å². The van der Waals surface area contributed by atoms with Crippen LogP contribution in [0.1, 0.15) is 0 Å². The fraction of sp³-hybridized carbons (Fsp3) is 0. The minimum Gasteiger partial charge on any atom is -0.478 e. The summed E-state index contributed by atoms with van der Waals surface area (Å²) in [6.07, 6.45) is 1.34. The summed E-state index contributed by atoms with van der Waals surface area (Å²) in [7, 11) is 0. The first-order valence-corrected chi connectivity index (χ1v) is 2.31. The molecule has 5 heteroatoms. The quantitative estimate of drug-likeness (QED) is 0.479. The molecule has 0 aliphatic heterocycles. The highest BCUT2D eigenvalue weighted by Gasteiger charge is 1.88. The average molecular weight is 129 g/mol. The monoisotopic (exact) mass is 129 g/mol. The Hall–Kier alpha value is -0.840. The van der Waals surface area contributed by atoms with Crippen LogP contribution in [-0.2, 0) is 0 Å². The Labute approximate surface area is 51.0 Å². The van der Waals surface area contributed by atoms with Gasteiger partial charge < -0.3 is 5.11 Å². The highest BCUT2D eigenvalue weighted by Crippen LogP contribution is 1.99.